The van der Waals surface area contributed by atoms with Crippen molar-refractivity contribution in [1.29, 1.82) is 0 Å². The summed E-state index contributed by atoms with van der Waals surface area (Å²) < 4.78 is 0. The van der Waals surface area contributed by atoms with Gasteiger partial charge in [-0.15, -0.1) is 0 Å². The summed E-state index contributed by atoms with van der Waals surface area (Å²) in [5, 5.41) is 0. The van der Waals surface area contributed by atoms with E-state index in [1.165, 1.54) is 27.8 Å². The van der Waals surface area contributed by atoms with E-state index < -0.39 is 0 Å². The first-order valence-electron chi connectivity index (χ1n) is 9.49. The smallest absolute Gasteiger partial charge is 0.178 e. The van der Waals surface area contributed by atoms with Crippen LogP contribution in [0.15, 0.2) is 48.8 Å². The number of nitrogens with zero attached hydrogens (tertiary/aromatic N) is 4. The van der Waals surface area contributed by atoms with Crippen LogP contribution in [0.4, 0.5) is 17.3 Å². The van der Waals surface area contributed by atoms with Gasteiger partial charge in [-0.1, -0.05) is 29.8 Å². The summed E-state index contributed by atoms with van der Waals surface area (Å²) in [5.74, 6) is 1.89. The van der Waals surface area contributed by atoms with Gasteiger partial charge in [-0.2, -0.15) is 0 Å². The molecule has 4 heteroatoms. The Morgan fingerprint density at radius 2 is 1.56 bits per heavy atom. The van der Waals surface area contributed by atoms with E-state index >= 15 is 0 Å². The summed E-state index contributed by atoms with van der Waals surface area (Å²) in [4.78, 5) is 13.7. The van der Waals surface area contributed by atoms with Crippen LogP contribution in [0.1, 0.15) is 30.5 Å². The second kappa shape index (κ2) is 6.69. The zero-order valence-corrected chi connectivity index (χ0v) is 16.7. The van der Waals surface area contributed by atoms with Gasteiger partial charge in [0.15, 0.2) is 11.6 Å². The molecule has 0 unspecified atom stereocenters. The molecule has 0 saturated carbocycles. The van der Waals surface area contributed by atoms with Crippen molar-refractivity contribution in [3.05, 3.63) is 65.5 Å². The third-order valence-electron chi connectivity index (χ3n) is 5.23. The van der Waals surface area contributed by atoms with Crippen LogP contribution in [0.2, 0.25) is 0 Å². The first-order chi connectivity index (χ1) is 13.0. The van der Waals surface area contributed by atoms with Gasteiger partial charge < -0.3 is 9.80 Å². The van der Waals surface area contributed by atoms with Crippen molar-refractivity contribution in [3.63, 3.8) is 0 Å². The van der Waals surface area contributed by atoms with Gasteiger partial charge >= 0.3 is 0 Å². The summed E-state index contributed by atoms with van der Waals surface area (Å²) >= 11 is 0. The van der Waals surface area contributed by atoms with Gasteiger partial charge in [0.05, 0.1) is 6.67 Å². The number of rotatable bonds is 3. The molecule has 0 saturated heterocycles. The quantitative estimate of drug-likeness (QED) is 0.628. The molecule has 1 aromatic heterocycles. The average molecular weight is 358 g/mol. The maximum atomic E-state index is 4.62. The zero-order valence-electron chi connectivity index (χ0n) is 16.7. The molecule has 2 heterocycles. The maximum absolute atomic E-state index is 4.62. The number of hydrogen-bond donors (Lipinski definition) is 0. The molecule has 3 aromatic rings. The van der Waals surface area contributed by atoms with E-state index in [9.17, 15) is 0 Å². The molecule has 4 nitrogen and oxygen atoms in total. The fourth-order valence-electron chi connectivity index (χ4n) is 4.08. The molecular formula is C23H26N4. The largest absolute Gasteiger partial charge is 0.333 e. The van der Waals surface area contributed by atoms with Gasteiger partial charge in [0, 0.05) is 24.1 Å². The fraction of sp³-hybridized carbons (Fsp3) is 0.304. The Morgan fingerprint density at radius 3 is 2.22 bits per heavy atom. The highest BCUT2D eigenvalue weighted by Gasteiger charge is 2.31. The Labute approximate surface area is 161 Å². The first-order valence-corrected chi connectivity index (χ1v) is 9.49. The molecule has 0 bridgehead atoms. The summed E-state index contributed by atoms with van der Waals surface area (Å²) in [5.41, 5.74) is 7.65. The van der Waals surface area contributed by atoms with Gasteiger partial charge in [-0.3, -0.25) is 0 Å². The molecule has 0 spiro atoms. The third kappa shape index (κ3) is 3.05. The predicted octanol–water partition coefficient (Wildman–Crippen LogP) is 5.39. The van der Waals surface area contributed by atoms with Crippen molar-refractivity contribution in [3.8, 4) is 11.1 Å². The molecule has 2 aromatic carbocycles. The molecule has 138 valence electrons. The molecule has 0 radical (unpaired) electrons. The molecular weight excluding hydrogens is 332 g/mol. The summed E-state index contributed by atoms with van der Waals surface area (Å²) in [7, 11) is 0. The molecule has 4 rings (SSSR count). The van der Waals surface area contributed by atoms with Crippen molar-refractivity contribution in [2.75, 3.05) is 16.5 Å². The molecule has 0 atom stereocenters. The van der Waals surface area contributed by atoms with Crippen molar-refractivity contribution in [2.45, 2.75) is 40.7 Å². The highest BCUT2D eigenvalue weighted by Crippen LogP contribution is 2.39. The lowest BCUT2D eigenvalue weighted by molar-refractivity contribution is 0.702. The van der Waals surface area contributed by atoms with Crippen LogP contribution in [0.3, 0.4) is 0 Å². The molecule has 0 fully saturated rings. The van der Waals surface area contributed by atoms with E-state index in [-0.39, 0.29) is 0 Å². The Bertz CT molecular complexity index is 970. The molecule has 0 N–H and O–H groups in total. The molecule has 0 aliphatic carbocycles. The topological polar surface area (TPSA) is 32.3 Å². The fourth-order valence-corrected chi connectivity index (χ4v) is 4.08. The van der Waals surface area contributed by atoms with E-state index in [0.29, 0.717) is 6.04 Å². The molecule has 1 aliphatic heterocycles. The number of fused-ring (bicyclic) bond motifs is 1. The van der Waals surface area contributed by atoms with Crippen LogP contribution in [0.25, 0.3) is 11.1 Å². The number of aryl methyl sites for hydroxylation is 3. The number of aromatic nitrogens is 2. The van der Waals surface area contributed by atoms with E-state index in [0.717, 1.165) is 24.0 Å². The summed E-state index contributed by atoms with van der Waals surface area (Å²) in [6, 6.07) is 13.6. The molecule has 1 aliphatic rings. The lowest BCUT2D eigenvalue weighted by Gasteiger charge is -2.24. The van der Waals surface area contributed by atoms with Crippen LogP contribution in [0.5, 0.6) is 0 Å². The van der Waals surface area contributed by atoms with Crippen molar-refractivity contribution < 1.29 is 0 Å². The number of anilines is 3. The molecule has 0 amide bonds. The normalized spacial score (nSPS) is 13.4. The maximum Gasteiger partial charge on any atom is 0.178 e. The molecule has 27 heavy (non-hydrogen) atoms. The van der Waals surface area contributed by atoms with Gasteiger partial charge in [0.1, 0.15) is 0 Å². The second-order valence-electron chi connectivity index (χ2n) is 7.66. The van der Waals surface area contributed by atoms with Gasteiger partial charge in [-0.05, 0) is 69.0 Å². The van der Waals surface area contributed by atoms with Crippen LogP contribution in [-0.2, 0) is 0 Å². The standard InChI is InChI=1S/C23H26N4/c1-15(2)26-14-27(23-22(26)24-9-10-25-23)20-8-6-7-19(13-20)21-17(4)11-16(3)12-18(21)5/h6-13,15H,14H2,1-5H3. The minimum absolute atomic E-state index is 0.371. The first kappa shape index (κ1) is 17.5. The lowest BCUT2D eigenvalue weighted by atomic mass is 9.93. The Hall–Kier alpha value is -2.88. The summed E-state index contributed by atoms with van der Waals surface area (Å²) in [6.07, 6.45) is 3.54. The second-order valence-corrected chi connectivity index (χ2v) is 7.66. The third-order valence-corrected chi connectivity index (χ3v) is 5.23. The SMILES string of the molecule is Cc1cc(C)c(-c2cccc(N3CN(C(C)C)c4nccnc43)c2)c(C)c1. The van der Waals surface area contributed by atoms with Gasteiger partial charge in [-0.25, -0.2) is 9.97 Å². The number of hydrogen-bond acceptors (Lipinski definition) is 4. The Kier molecular flexibility index (Phi) is 4.34. The van der Waals surface area contributed by atoms with Crippen LogP contribution >= 0.6 is 0 Å². The van der Waals surface area contributed by atoms with Crippen molar-refractivity contribution >= 4 is 17.3 Å². The zero-order chi connectivity index (χ0) is 19.1. The minimum Gasteiger partial charge on any atom is -0.333 e. The van der Waals surface area contributed by atoms with Gasteiger partial charge in [0.2, 0.25) is 0 Å². The van der Waals surface area contributed by atoms with E-state index in [1.54, 1.807) is 12.4 Å². The lowest BCUT2D eigenvalue weighted by Crippen LogP contribution is -2.33. The average Bonchev–Trinajstić information content (AvgIpc) is 3.01. The Morgan fingerprint density at radius 1 is 0.889 bits per heavy atom. The highest BCUT2D eigenvalue weighted by molar-refractivity contribution is 5.80. The summed E-state index contributed by atoms with van der Waals surface area (Å²) in [6.45, 7) is 11.7. The van der Waals surface area contributed by atoms with Crippen LogP contribution < -0.4 is 9.80 Å². The van der Waals surface area contributed by atoms with E-state index in [2.05, 4.69) is 90.8 Å². The minimum atomic E-state index is 0.371. The van der Waals surface area contributed by atoms with Crippen molar-refractivity contribution in [1.82, 2.24) is 9.97 Å². The van der Waals surface area contributed by atoms with E-state index in [1.807, 2.05) is 0 Å². The monoisotopic (exact) mass is 358 g/mol. The van der Waals surface area contributed by atoms with Gasteiger partial charge in [0.25, 0.3) is 0 Å². The Balaban J connectivity index is 1.79. The highest BCUT2D eigenvalue weighted by atomic mass is 15.4. The van der Waals surface area contributed by atoms with E-state index in [4.69, 9.17) is 0 Å². The predicted molar refractivity (Wildman–Crippen MR) is 113 cm³/mol. The van der Waals surface area contributed by atoms with Crippen molar-refractivity contribution in [2.24, 2.45) is 0 Å². The van der Waals surface area contributed by atoms with Crippen LogP contribution in [0, 0.1) is 20.8 Å². The van der Waals surface area contributed by atoms with Crippen LogP contribution in [-0.4, -0.2) is 22.7 Å². The number of benzene rings is 2.